The van der Waals surface area contributed by atoms with Crippen LogP contribution in [0.1, 0.15) is 18.2 Å². The first kappa shape index (κ1) is 18.5. The van der Waals surface area contributed by atoms with Crippen LogP contribution in [0, 0.1) is 6.92 Å². The first-order valence-electron chi connectivity index (χ1n) is 7.19. The highest BCUT2D eigenvalue weighted by Gasteiger charge is 2.36. The molecule has 1 fully saturated rings. The predicted molar refractivity (Wildman–Crippen MR) is 96.3 cm³/mol. The quantitative estimate of drug-likeness (QED) is 0.370. The number of thioether (sulfide) groups is 1. The van der Waals surface area contributed by atoms with Crippen molar-refractivity contribution in [1.29, 1.82) is 0 Å². The van der Waals surface area contributed by atoms with E-state index in [9.17, 15) is 9.59 Å². The second kappa shape index (κ2) is 7.84. The Morgan fingerprint density at radius 3 is 2.96 bits per heavy atom. The Labute approximate surface area is 147 Å². The lowest BCUT2D eigenvalue weighted by molar-refractivity contribution is 0.00824. The molecule has 24 heavy (non-hydrogen) atoms. The fourth-order valence-electron chi connectivity index (χ4n) is 2.31. The lowest BCUT2D eigenvalue weighted by Crippen LogP contribution is -2.33. The highest BCUT2D eigenvalue weighted by atomic mass is 32.2. The van der Waals surface area contributed by atoms with Crippen LogP contribution < -0.4 is 11.2 Å². The molecule has 0 aromatic carbocycles. The second-order valence-electron chi connectivity index (χ2n) is 5.59. The van der Waals surface area contributed by atoms with Crippen LogP contribution in [-0.4, -0.2) is 50.8 Å². The van der Waals surface area contributed by atoms with Crippen molar-refractivity contribution in [2.45, 2.75) is 31.7 Å². The molecule has 1 aliphatic heterocycles. The molecule has 1 aromatic heterocycles. The minimum Gasteiger partial charge on any atom is -0.364 e. The van der Waals surface area contributed by atoms with E-state index >= 15 is 0 Å². The highest BCUT2D eigenvalue weighted by molar-refractivity contribution is 8.22. The Hall–Kier alpha value is -1.81. The minimum absolute atomic E-state index is 0.357. The maximum Gasteiger partial charge on any atom is 0.330 e. The van der Waals surface area contributed by atoms with E-state index in [1.807, 2.05) is 19.0 Å². The fourth-order valence-corrected chi connectivity index (χ4v) is 3.38. The largest absolute Gasteiger partial charge is 0.364 e. The van der Waals surface area contributed by atoms with Gasteiger partial charge in [0.2, 0.25) is 0 Å². The second-order valence-corrected chi connectivity index (χ2v) is 7.24. The number of aromatic amines is 1. The lowest BCUT2D eigenvalue weighted by atomic mass is 10.1. The van der Waals surface area contributed by atoms with Crippen LogP contribution in [0.2, 0.25) is 0 Å². The standard InChI is InChI=1S/C13H18N6O3S2/c1-7-5-19(12(21)15-11(7)20)10-4-8(16-17-14)9(22-10)6-24-13(23)18(2)3/h5,8-10H,4,6H2,1-3H3,(H,15,20,21)/t8-,9+,10+/m0/s1. The number of thiocarbonyl (C=S) groups is 1. The number of ether oxygens (including phenoxy) is 1. The molecular weight excluding hydrogens is 352 g/mol. The first-order valence-corrected chi connectivity index (χ1v) is 8.58. The van der Waals surface area contributed by atoms with Gasteiger partial charge in [-0.05, 0) is 12.5 Å². The molecule has 0 aliphatic carbocycles. The first-order chi connectivity index (χ1) is 11.3. The number of hydrogen-bond acceptors (Lipinski definition) is 6. The van der Waals surface area contributed by atoms with Crippen LogP contribution in [0.4, 0.5) is 0 Å². The number of nitrogens with one attached hydrogen (secondary N) is 1. The van der Waals surface area contributed by atoms with Crippen LogP contribution >= 0.6 is 24.0 Å². The molecule has 0 saturated carbocycles. The summed E-state index contributed by atoms with van der Waals surface area (Å²) >= 11 is 6.65. The molecular formula is C13H18N6O3S2. The third kappa shape index (κ3) is 4.18. The molecule has 9 nitrogen and oxygen atoms in total. The SMILES string of the molecule is Cc1cn([C@H]2C[C@H](N=[N+]=[N-])[C@@H](CSC(=S)N(C)C)O2)c(=O)[nH]c1=O. The van der Waals surface area contributed by atoms with Gasteiger partial charge in [-0.1, -0.05) is 29.1 Å². The maximum absolute atomic E-state index is 12.0. The van der Waals surface area contributed by atoms with E-state index in [-0.39, 0.29) is 6.10 Å². The summed E-state index contributed by atoms with van der Waals surface area (Å²) in [7, 11) is 3.70. The number of aromatic nitrogens is 2. The van der Waals surface area contributed by atoms with Gasteiger partial charge in [0.05, 0.1) is 12.1 Å². The molecule has 1 aliphatic rings. The van der Waals surface area contributed by atoms with Gasteiger partial charge < -0.3 is 9.64 Å². The van der Waals surface area contributed by atoms with Gasteiger partial charge >= 0.3 is 5.69 Å². The van der Waals surface area contributed by atoms with Crippen molar-refractivity contribution < 1.29 is 4.74 Å². The van der Waals surface area contributed by atoms with E-state index in [4.69, 9.17) is 22.5 Å². The van der Waals surface area contributed by atoms with E-state index in [1.54, 1.807) is 6.92 Å². The normalized spacial score (nSPS) is 22.9. The summed E-state index contributed by atoms with van der Waals surface area (Å²) in [6, 6.07) is -0.406. The third-order valence-corrected chi connectivity index (χ3v) is 5.42. The summed E-state index contributed by atoms with van der Waals surface area (Å²) in [5.74, 6) is 0.508. The van der Waals surface area contributed by atoms with Crippen LogP contribution in [0.3, 0.4) is 0 Å². The molecule has 1 aromatic rings. The average Bonchev–Trinajstić information content (AvgIpc) is 2.91. The van der Waals surface area contributed by atoms with Gasteiger partial charge in [-0.15, -0.1) is 0 Å². The Kier molecular flexibility index (Phi) is 6.05. The predicted octanol–water partition coefficient (Wildman–Crippen LogP) is 1.39. The molecule has 0 spiro atoms. The van der Waals surface area contributed by atoms with Crippen LogP contribution in [0.25, 0.3) is 10.4 Å². The Morgan fingerprint density at radius 1 is 1.62 bits per heavy atom. The molecule has 2 rings (SSSR count). The van der Waals surface area contributed by atoms with Crippen LogP contribution in [0.5, 0.6) is 0 Å². The van der Waals surface area contributed by atoms with E-state index in [0.29, 0.717) is 22.1 Å². The molecule has 1 N–H and O–H groups in total. The topological polar surface area (TPSA) is 116 Å². The van der Waals surface area contributed by atoms with Gasteiger partial charge in [0.15, 0.2) is 0 Å². The Bertz CT molecular complexity index is 783. The maximum atomic E-state index is 12.0. The number of aryl methyl sites for hydroxylation is 1. The molecule has 0 unspecified atom stereocenters. The Balaban J connectivity index is 2.19. The van der Waals surface area contributed by atoms with E-state index in [2.05, 4.69) is 15.0 Å². The zero-order chi connectivity index (χ0) is 17.9. The third-order valence-electron chi connectivity index (χ3n) is 3.60. The van der Waals surface area contributed by atoms with Crippen molar-refractivity contribution in [3.05, 3.63) is 43.0 Å². The van der Waals surface area contributed by atoms with Gasteiger partial charge in [-0.25, -0.2) is 4.79 Å². The number of hydrogen-bond donors (Lipinski definition) is 1. The van der Waals surface area contributed by atoms with Crippen LogP contribution in [-0.2, 0) is 4.74 Å². The Morgan fingerprint density at radius 2 is 2.33 bits per heavy atom. The highest BCUT2D eigenvalue weighted by Crippen LogP contribution is 2.32. The monoisotopic (exact) mass is 370 g/mol. The van der Waals surface area contributed by atoms with Crippen molar-refractivity contribution in [2.24, 2.45) is 5.11 Å². The molecule has 0 bridgehead atoms. The number of azide groups is 1. The summed E-state index contributed by atoms with van der Waals surface area (Å²) in [5.41, 5.74) is 8.18. The van der Waals surface area contributed by atoms with E-state index in [1.165, 1.54) is 22.5 Å². The zero-order valence-corrected chi connectivity index (χ0v) is 15.1. The summed E-state index contributed by atoms with van der Waals surface area (Å²) in [5, 5.41) is 3.77. The number of rotatable bonds is 4. The smallest absolute Gasteiger partial charge is 0.330 e. The fraction of sp³-hybridized carbons (Fsp3) is 0.615. The van der Waals surface area contributed by atoms with E-state index in [0.717, 1.165) is 0 Å². The van der Waals surface area contributed by atoms with Crippen LogP contribution in [0.15, 0.2) is 20.9 Å². The molecule has 0 radical (unpaired) electrons. The minimum atomic E-state index is -0.595. The molecule has 130 valence electrons. The average molecular weight is 370 g/mol. The summed E-state index contributed by atoms with van der Waals surface area (Å²) in [4.78, 5) is 30.4. The number of nitrogens with zero attached hydrogens (tertiary/aromatic N) is 5. The van der Waals surface area contributed by atoms with Crippen molar-refractivity contribution >= 4 is 28.3 Å². The van der Waals surface area contributed by atoms with Crippen molar-refractivity contribution in [3.63, 3.8) is 0 Å². The number of H-pyrrole nitrogens is 1. The van der Waals surface area contributed by atoms with Gasteiger partial charge in [0, 0.05) is 42.9 Å². The molecule has 3 atom stereocenters. The molecule has 11 heteroatoms. The van der Waals surface area contributed by atoms with Crippen molar-refractivity contribution in [2.75, 3.05) is 19.8 Å². The molecule has 1 saturated heterocycles. The van der Waals surface area contributed by atoms with Gasteiger partial charge in [0.25, 0.3) is 5.56 Å². The molecule has 2 heterocycles. The zero-order valence-electron chi connectivity index (χ0n) is 13.5. The van der Waals surface area contributed by atoms with Gasteiger partial charge in [-0.3, -0.25) is 14.3 Å². The van der Waals surface area contributed by atoms with Gasteiger partial charge in [-0.2, -0.15) is 0 Å². The summed E-state index contributed by atoms with van der Waals surface area (Å²) in [6.45, 7) is 1.61. The van der Waals surface area contributed by atoms with Crippen molar-refractivity contribution in [3.8, 4) is 0 Å². The molecule has 0 amide bonds. The van der Waals surface area contributed by atoms with Gasteiger partial charge in [0.1, 0.15) is 10.5 Å². The van der Waals surface area contributed by atoms with Crippen molar-refractivity contribution in [1.82, 2.24) is 14.5 Å². The summed E-state index contributed by atoms with van der Waals surface area (Å²) in [6.07, 6.45) is 0.851. The summed E-state index contributed by atoms with van der Waals surface area (Å²) < 4.78 is 7.91. The lowest BCUT2D eigenvalue weighted by Gasteiger charge is -2.18. The van der Waals surface area contributed by atoms with E-state index < -0.39 is 23.5 Å².